The Morgan fingerprint density at radius 1 is 1.00 bits per heavy atom. The number of nitrogens with zero attached hydrogens (tertiary/aromatic N) is 2. The van der Waals surface area contributed by atoms with Crippen LogP contribution in [0, 0.1) is 5.82 Å². The summed E-state index contributed by atoms with van der Waals surface area (Å²) in [6.07, 6.45) is -0.576. The lowest BCUT2D eigenvalue weighted by atomic mass is 10.2. The first-order valence-electron chi connectivity index (χ1n) is 9.11. The summed E-state index contributed by atoms with van der Waals surface area (Å²) >= 11 is 0. The van der Waals surface area contributed by atoms with Gasteiger partial charge in [-0.25, -0.2) is 4.39 Å². The molecular weight excluding hydrogens is 387 g/mol. The molecule has 0 saturated carbocycles. The molecule has 2 aromatic carbocycles. The van der Waals surface area contributed by atoms with E-state index in [2.05, 4.69) is 9.80 Å². The van der Waals surface area contributed by atoms with Gasteiger partial charge >= 0.3 is 0 Å². The van der Waals surface area contributed by atoms with Gasteiger partial charge in [0.2, 0.25) is 6.79 Å². The first kappa shape index (κ1) is 20.5. The number of hydrogen-bond acceptors (Lipinski definition) is 6. The Balaban J connectivity index is 0.00000225. The van der Waals surface area contributed by atoms with E-state index in [4.69, 9.17) is 14.2 Å². The molecule has 4 rings (SSSR count). The Morgan fingerprint density at radius 3 is 2.46 bits per heavy atom. The summed E-state index contributed by atoms with van der Waals surface area (Å²) in [4.78, 5) is 4.44. The molecule has 1 atom stereocenters. The quantitative estimate of drug-likeness (QED) is 0.669. The molecule has 2 aromatic rings. The molecule has 2 heterocycles. The van der Waals surface area contributed by atoms with Gasteiger partial charge in [-0.05, 0) is 36.4 Å². The molecule has 0 spiro atoms. The van der Waals surface area contributed by atoms with Crippen molar-refractivity contribution in [3.8, 4) is 17.2 Å². The number of β-amino-alcohol motifs (C(OH)–C–C–N with tert-alkyl or cyclic N) is 1. The van der Waals surface area contributed by atoms with Crippen LogP contribution < -0.4 is 31.5 Å². The van der Waals surface area contributed by atoms with Crippen LogP contribution in [-0.4, -0.2) is 62.2 Å². The van der Waals surface area contributed by atoms with Crippen molar-refractivity contribution in [2.75, 3.05) is 51.0 Å². The van der Waals surface area contributed by atoms with E-state index < -0.39 is 6.10 Å². The molecule has 1 unspecified atom stereocenters. The van der Waals surface area contributed by atoms with Crippen LogP contribution in [0.4, 0.5) is 10.1 Å². The molecule has 0 amide bonds. The van der Waals surface area contributed by atoms with Crippen LogP contribution in [0.2, 0.25) is 0 Å². The SMILES string of the molecule is OC(COc1ccc2c(c1)OCO2)CN1CCN(c2ccc(F)cc2)CC1.[Cl-]. The fraction of sp³-hybridized carbons (Fsp3) is 0.400. The van der Waals surface area contributed by atoms with Crippen molar-refractivity contribution < 1.29 is 36.1 Å². The number of benzene rings is 2. The molecule has 2 aliphatic rings. The zero-order valence-electron chi connectivity index (χ0n) is 15.4. The van der Waals surface area contributed by atoms with Crippen LogP contribution in [-0.2, 0) is 0 Å². The van der Waals surface area contributed by atoms with E-state index in [9.17, 15) is 9.50 Å². The van der Waals surface area contributed by atoms with Gasteiger partial charge in [0.1, 0.15) is 24.3 Å². The van der Waals surface area contributed by atoms with Crippen molar-refractivity contribution in [1.29, 1.82) is 0 Å². The summed E-state index contributed by atoms with van der Waals surface area (Å²) in [5.41, 5.74) is 1.03. The van der Waals surface area contributed by atoms with E-state index in [1.165, 1.54) is 12.1 Å². The van der Waals surface area contributed by atoms with Crippen molar-refractivity contribution in [2.24, 2.45) is 0 Å². The van der Waals surface area contributed by atoms with Gasteiger partial charge in [0.15, 0.2) is 11.5 Å². The van der Waals surface area contributed by atoms with Crippen molar-refractivity contribution in [2.45, 2.75) is 6.10 Å². The van der Waals surface area contributed by atoms with E-state index >= 15 is 0 Å². The van der Waals surface area contributed by atoms with Crippen LogP contribution >= 0.6 is 0 Å². The number of rotatable bonds is 6. The average Bonchev–Trinajstić information content (AvgIpc) is 3.15. The molecule has 2 aliphatic heterocycles. The highest BCUT2D eigenvalue weighted by Gasteiger charge is 2.20. The second kappa shape index (κ2) is 9.32. The van der Waals surface area contributed by atoms with Crippen molar-refractivity contribution in [3.05, 3.63) is 48.3 Å². The molecule has 0 aliphatic carbocycles. The van der Waals surface area contributed by atoms with Crippen molar-refractivity contribution in [1.82, 2.24) is 4.90 Å². The predicted octanol–water partition coefficient (Wildman–Crippen LogP) is -0.880. The minimum absolute atomic E-state index is 0. The molecule has 1 saturated heterocycles. The van der Waals surface area contributed by atoms with E-state index in [1.54, 1.807) is 24.3 Å². The minimum atomic E-state index is -0.576. The largest absolute Gasteiger partial charge is 1.00 e. The highest BCUT2D eigenvalue weighted by molar-refractivity contribution is 5.47. The van der Waals surface area contributed by atoms with E-state index in [1.807, 2.05) is 6.07 Å². The van der Waals surface area contributed by atoms with Crippen LogP contribution in [0.25, 0.3) is 0 Å². The van der Waals surface area contributed by atoms with E-state index in [0.29, 0.717) is 23.8 Å². The summed E-state index contributed by atoms with van der Waals surface area (Å²) in [6, 6.07) is 12.0. The molecule has 8 heteroatoms. The van der Waals surface area contributed by atoms with Gasteiger partial charge in [0.05, 0.1) is 0 Å². The zero-order chi connectivity index (χ0) is 18.6. The Morgan fingerprint density at radius 2 is 1.71 bits per heavy atom. The Labute approximate surface area is 169 Å². The predicted molar refractivity (Wildman–Crippen MR) is 99.1 cm³/mol. The van der Waals surface area contributed by atoms with Crippen molar-refractivity contribution >= 4 is 5.69 Å². The number of halogens is 2. The van der Waals surface area contributed by atoms with Crippen LogP contribution in [0.5, 0.6) is 17.2 Å². The number of ether oxygens (including phenoxy) is 3. The monoisotopic (exact) mass is 409 g/mol. The normalized spacial score (nSPS) is 17.1. The number of hydrogen-bond donors (Lipinski definition) is 1. The Hall–Kier alpha value is -2.22. The first-order chi connectivity index (χ1) is 13.2. The standard InChI is InChI=1S/C20H23FN2O4.ClH/c21-15-1-3-16(4-2-15)23-9-7-22(8-10-23)12-17(24)13-25-18-5-6-19-20(11-18)27-14-26-19;/h1-6,11,17,24H,7-10,12-14H2;1H/p-1. The molecule has 0 bridgehead atoms. The van der Waals surface area contributed by atoms with Crippen LogP contribution in [0.3, 0.4) is 0 Å². The molecule has 6 nitrogen and oxygen atoms in total. The third-order valence-corrected chi connectivity index (χ3v) is 4.82. The first-order valence-corrected chi connectivity index (χ1v) is 9.11. The summed E-state index contributed by atoms with van der Waals surface area (Å²) < 4.78 is 29.3. The maximum Gasteiger partial charge on any atom is 0.231 e. The molecule has 152 valence electrons. The smallest absolute Gasteiger partial charge is 0.231 e. The van der Waals surface area contributed by atoms with Gasteiger partial charge in [0, 0.05) is 44.5 Å². The lowest BCUT2D eigenvalue weighted by Gasteiger charge is -2.36. The van der Waals surface area contributed by atoms with E-state index in [-0.39, 0.29) is 31.6 Å². The number of aliphatic hydroxyl groups is 1. The van der Waals surface area contributed by atoms with Gasteiger partial charge in [-0.3, -0.25) is 4.90 Å². The van der Waals surface area contributed by atoms with Crippen molar-refractivity contribution in [3.63, 3.8) is 0 Å². The molecule has 0 radical (unpaired) electrons. The van der Waals surface area contributed by atoms with Crippen LogP contribution in [0.15, 0.2) is 42.5 Å². The van der Waals surface area contributed by atoms with E-state index in [0.717, 1.165) is 31.9 Å². The molecule has 28 heavy (non-hydrogen) atoms. The summed E-state index contributed by atoms with van der Waals surface area (Å²) in [7, 11) is 0. The van der Waals surface area contributed by atoms with Gasteiger partial charge < -0.3 is 36.6 Å². The summed E-state index contributed by atoms with van der Waals surface area (Å²) in [6.45, 7) is 4.39. The summed E-state index contributed by atoms with van der Waals surface area (Å²) in [5.74, 6) is 1.81. The topological polar surface area (TPSA) is 54.4 Å². The highest BCUT2D eigenvalue weighted by atomic mass is 35.5. The molecule has 1 fully saturated rings. The van der Waals surface area contributed by atoms with Crippen LogP contribution in [0.1, 0.15) is 0 Å². The number of aliphatic hydroxyl groups excluding tert-OH is 1. The maximum absolute atomic E-state index is 13.0. The fourth-order valence-electron chi connectivity index (χ4n) is 3.35. The molecule has 1 N–H and O–H groups in total. The van der Waals surface area contributed by atoms with Gasteiger partial charge in [-0.2, -0.15) is 0 Å². The Bertz CT molecular complexity index is 769. The zero-order valence-corrected chi connectivity index (χ0v) is 16.1. The molecular formula is C20H23ClFN2O4-. The second-order valence-corrected chi connectivity index (χ2v) is 6.74. The minimum Gasteiger partial charge on any atom is -1.00 e. The maximum atomic E-state index is 13.0. The number of piperazine rings is 1. The van der Waals surface area contributed by atoms with Gasteiger partial charge in [0.25, 0.3) is 0 Å². The summed E-state index contributed by atoms with van der Waals surface area (Å²) in [5, 5.41) is 10.3. The fourth-order valence-corrected chi connectivity index (χ4v) is 3.35. The average molecular weight is 410 g/mol. The third kappa shape index (κ3) is 4.98. The number of anilines is 1. The molecule has 0 aromatic heterocycles. The number of fused-ring (bicyclic) bond motifs is 1. The third-order valence-electron chi connectivity index (χ3n) is 4.82. The highest BCUT2D eigenvalue weighted by Crippen LogP contribution is 2.35. The Kier molecular flexibility index (Phi) is 6.83. The van der Waals surface area contributed by atoms with Gasteiger partial charge in [-0.1, -0.05) is 0 Å². The lowest BCUT2D eigenvalue weighted by molar-refractivity contribution is -0.00000980. The lowest BCUT2D eigenvalue weighted by Crippen LogP contribution is -3.00. The van der Waals surface area contributed by atoms with Gasteiger partial charge in [-0.15, -0.1) is 0 Å². The second-order valence-electron chi connectivity index (χ2n) is 6.74.